The van der Waals surface area contributed by atoms with Gasteiger partial charge >= 0.3 is 5.97 Å². The quantitative estimate of drug-likeness (QED) is 0.887. The predicted octanol–water partition coefficient (Wildman–Crippen LogP) is 1.51. The summed E-state index contributed by atoms with van der Waals surface area (Å²) in [5, 5.41) is 8.73. The zero-order valence-corrected chi connectivity index (χ0v) is 13.0. The highest BCUT2D eigenvalue weighted by Gasteiger charge is 2.20. The predicted molar refractivity (Wildman–Crippen MR) is 81.8 cm³/mol. The Labute approximate surface area is 125 Å². The molecular formula is C15H24N4O2. The molecule has 2 rings (SSSR count). The highest BCUT2D eigenvalue weighted by atomic mass is 16.4. The summed E-state index contributed by atoms with van der Waals surface area (Å²) in [7, 11) is 0. The van der Waals surface area contributed by atoms with Gasteiger partial charge < -0.3 is 10.0 Å². The van der Waals surface area contributed by atoms with Gasteiger partial charge in [0.25, 0.3) is 0 Å². The normalized spacial score (nSPS) is 16.5. The average Bonchev–Trinajstić information content (AvgIpc) is 2.45. The fourth-order valence-corrected chi connectivity index (χ4v) is 2.44. The highest BCUT2D eigenvalue weighted by Crippen LogP contribution is 2.18. The van der Waals surface area contributed by atoms with E-state index >= 15 is 0 Å². The molecule has 0 spiro atoms. The van der Waals surface area contributed by atoms with Crippen molar-refractivity contribution >= 4 is 11.9 Å². The Morgan fingerprint density at radius 3 is 2.52 bits per heavy atom. The Morgan fingerprint density at radius 2 is 1.95 bits per heavy atom. The molecule has 0 bridgehead atoms. The van der Waals surface area contributed by atoms with Crippen LogP contribution in [-0.4, -0.2) is 58.7 Å². The number of aliphatic carboxylic acids is 1. The van der Waals surface area contributed by atoms with Gasteiger partial charge in [-0.2, -0.15) is 0 Å². The number of hydrogen-bond acceptors (Lipinski definition) is 5. The van der Waals surface area contributed by atoms with Gasteiger partial charge in [0.15, 0.2) is 0 Å². The molecule has 0 saturated carbocycles. The van der Waals surface area contributed by atoms with E-state index in [9.17, 15) is 4.79 Å². The van der Waals surface area contributed by atoms with Crippen molar-refractivity contribution in [1.29, 1.82) is 0 Å². The van der Waals surface area contributed by atoms with Gasteiger partial charge in [-0.25, -0.2) is 9.97 Å². The van der Waals surface area contributed by atoms with Crippen LogP contribution in [0.5, 0.6) is 0 Å². The SMILES string of the molecule is Cc1cc(C(C)C)nc(N2CCN(CCC(=O)O)CC2)n1. The molecule has 0 radical (unpaired) electrons. The van der Waals surface area contributed by atoms with Crippen molar-refractivity contribution < 1.29 is 9.90 Å². The third kappa shape index (κ3) is 4.39. The van der Waals surface area contributed by atoms with Crippen molar-refractivity contribution in [3.05, 3.63) is 17.5 Å². The highest BCUT2D eigenvalue weighted by molar-refractivity contribution is 5.66. The van der Waals surface area contributed by atoms with Crippen LogP contribution in [0.2, 0.25) is 0 Å². The maximum absolute atomic E-state index is 10.6. The van der Waals surface area contributed by atoms with Gasteiger partial charge in [-0.3, -0.25) is 9.69 Å². The zero-order valence-electron chi connectivity index (χ0n) is 13.0. The molecule has 0 unspecified atom stereocenters. The molecule has 1 aliphatic heterocycles. The molecule has 0 amide bonds. The zero-order chi connectivity index (χ0) is 15.4. The maximum Gasteiger partial charge on any atom is 0.304 e. The number of carboxylic acid groups (broad SMARTS) is 1. The first-order chi connectivity index (χ1) is 9.95. The lowest BCUT2D eigenvalue weighted by atomic mass is 10.1. The summed E-state index contributed by atoms with van der Waals surface area (Å²) in [5.74, 6) is 0.458. The number of aryl methyl sites for hydroxylation is 1. The summed E-state index contributed by atoms with van der Waals surface area (Å²) >= 11 is 0. The van der Waals surface area contributed by atoms with E-state index in [2.05, 4.69) is 33.6 Å². The molecule has 21 heavy (non-hydrogen) atoms. The van der Waals surface area contributed by atoms with Crippen molar-refractivity contribution in [3.63, 3.8) is 0 Å². The van der Waals surface area contributed by atoms with Gasteiger partial charge in [0, 0.05) is 44.1 Å². The summed E-state index contributed by atoms with van der Waals surface area (Å²) in [6.07, 6.45) is 0.207. The molecule has 0 aliphatic carbocycles. The topological polar surface area (TPSA) is 69.6 Å². The maximum atomic E-state index is 10.6. The molecule has 1 saturated heterocycles. The van der Waals surface area contributed by atoms with E-state index < -0.39 is 5.97 Å². The van der Waals surface area contributed by atoms with Crippen molar-refractivity contribution in [3.8, 4) is 0 Å². The number of carbonyl (C=O) groups is 1. The molecule has 116 valence electrons. The first-order valence-electron chi connectivity index (χ1n) is 7.50. The van der Waals surface area contributed by atoms with Crippen LogP contribution in [0.4, 0.5) is 5.95 Å². The molecule has 1 aromatic rings. The Bertz CT molecular complexity index is 496. The lowest BCUT2D eigenvalue weighted by Crippen LogP contribution is -2.47. The van der Waals surface area contributed by atoms with Crippen molar-refractivity contribution in [2.24, 2.45) is 0 Å². The van der Waals surface area contributed by atoms with E-state index in [0.717, 1.165) is 43.5 Å². The minimum absolute atomic E-state index is 0.207. The van der Waals surface area contributed by atoms with E-state index in [4.69, 9.17) is 5.11 Å². The van der Waals surface area contributed by atoms with Crippen LogP contribution in [0.1, 0.15) is 37.6 Å². The molecule has 1 fully saturated rings. The van der Waals surface area contributed by atoms with E-state index in [1.165, 1.54) is 0 Å². The lowest BCUT2D eigenvalue weighted by molar-refractivity contribution is -0.137. The minimum atomic E-state index is -0.735. The second-order valence-electron chi connectivity index (χ2n) is 5.86. The number of anilines is 1. The molecule has 2 heterocycles. The fraction of sp³-hybridized carbons (Fsp3) is 0.667. The smallest absolute Gasteiger partial charge is 0.304 e. The Kier molecular flexibility index (Phi) is 5.12. The number of hydrogen-bond donors (Lipinski definition) is 1. The largest absolute Gasteiger partial charge is 0.481 e. The molecule has 0 atom stereocenters. The molecule has 1 aromatic heterocycles. The fourth-order valence-electron chi connectivity index (χ4n) is 2.44. The average molecular weight is 292 g/mol. The van der Waals surface area contributed by atoms with Crippen LogP contribution in [0.25, 0.3) is 0 Å². The van der Waals surface area contributed by atoms with E-state index in [-0.39, 0.29) is 6.42 Å². The lowest BCUT2D eigenvalue weighted by Gasteiger charge is -2.34. The number of nitrogens with zero attached hydrogens (tertiary/aromatic N) is 4. The van der Waals surface area contributed by atoms with Gasteiger partial charge in [0.1, 0.15) is 0 Å². The van der Waals surface area contributed by atoms with Crippen LogP contribution in [0, 0.1) is 6.92 Å². The molecule has 6 nitrogen and oxygen atoms in total. The van der Waals surface area contributed by atoms with Crippen LogP contribution < -0.4 is 4.90 Å². The number of carboxylic acids is 1. The Balaban J connectivity index is 1.97. The summed E-state index contributed by atoms with van der Waals surface area (Å²) in [5.41, 5.74) is 2.07. The van der Waals surface area contributed by atoms with Gasteiger partial charge in [-0.15, -0.1) is 0 Å². The van der Waals surface area contributed by atoms with Gasteiger partial charge in [-0.05, 0) is 18.9 Å². The standard InChI is InChI=1S/C15H24N4O2/c1-11(2)13-10-12(3)16-15(17-13)19-8-6-18(7-9-19)5-4-14(20)21/h10-11H,4-9H2,1-3H3,(H,20,21). The first kappa shape index (κ1) is 15.7. The molecule has 6 heteroatoms. The molecule has 0 aromatic carbocycles. The summed E-state index contributed by atoms with van der Waals surface area (Å²) in [6, 6.07) is 2.04. The summed E-state index contributed by atoms with van der Waals surface area (Å²) < 4.78 is 0. The van der Waals surface area contributed by atoms with Crippen LogP contribution in [0.3, 0.4) is 0 Å². The van der Waals surface area contributed by atoms with Gasteiger partial charge in [0.2, 0.25) is 5.95 Å². The number of piperazine rings is 1. The van der Waals surface area contributed by atoms with Crippen molar-refractivity contribution in [1.82, 2.24) is 14.9 Å². The van der Waals surface area contributed by atoms with Crippen LogP contribution in [-0.2, 0) is 4.79 Å². The van der Waals surface area contributed by atoms with Gasteiger partial charge in [-0.1, -0.05) is 13.8 Å². The van der Waals surface area contributed by atoms with Gasteiger partial charge in [0.05, 0.1) is 6.42 Å². The van der Waals surface area contributed by atoms with Crippen LogP contribution in [0.15, 0.2) is 6.07 Å². The number of aromatic nitrogens is 2. The molecule has 1 aliphatic rings. The molecule has 1 N–H and O–H groups in total. The summed E-state index contributed by atoms with van der Waals surface area (Å²) in [4.78, 5) is 24.2. The van der Waals surface area contributed by atoms with Crippen molar-refractivity contribution in [2.75, 3.05) is 37.6 Å². The van der Waals surface area contributed by atoms with E-state index in [1.807, 2.05) is 13.0 Å². The Morgan fingerprint density at radius 1 is 1.29 bits per heavy atom. The monoisotopic (exact) mass is 292 g/mol. The second-order valence-corrected chi connectivity index (χ2v) is 5.86. The third-order valence-corrected chi connectivity index (χ3v) is 3.75. The van der Waals surface area contributed by atoms with E-state index in [1.54, 1.807) is 0 Å². The van der Waals surface area contributed by atoms with Crippen LogP contribution >= 0.6 is 0 Å². The summed E-state index contributed by atoms with van der Waals surface area (Å²) in [6.45, 7) is 10.3. The first-order valence-corrected chi connectivity index (χ1v) is 7.50. The second kappa shape index (κ2) is 6.85. The Hall–Kier alpha value is -1.69. The minimum Gasteiger partial charge on any atom is -0.481 e. The molecular weight excluding hydrogens is 268 g/mol. The van der Waals surface area contributed by atoms with Crippen molar-refractivity contribution in [2.45, 2.75) is 33.1 Å². The van der Waals surface area contributed by atoms with E-state index in [0.29, 0.717) is 12.5 Å². The third-order valence-electron chi connectivity index (χ3n) is 3.75. The number of rotatable bonds is 5.